The van der Waals surface area contributed by atoms with E-state index in [4.69, 9.17) is 9.84 Å². The Morgan fingerprint density at radius 2 is 1.85 bits per heavy atom. The van der Waals surface area contributed by atoms with Crippen LogP contribution in [0.3, 0.4) is 0 Å². The van der Waals surface area contributed by atoms with Gasteiger partial charge in [0.1, 0.15) is 18.4 Å². The number of ether oxygens (including phenoxy) is 1. The Morgan fingerprint density at radius 3 is 2.41 bits per heavy atom. The van der Waals surface area contributed by atoms with Gasteiger partial charge in [-0.3, -0.25) is 4.79 Å². The summed E-state index contributed by atoms with van der Waals surface area (Å²) in [5.41, 5.74) is 0. The first-order valence-electron chi connectivity index (χ1n) is 8.12. The molecule has 1 aliphatic heterocycles. The summed E-state index contributed by atoms with van der Waals surface area (Å²) >= 11 is 0. The molecule has 2 rings (SSSR count). The molecule has 1 fully saturated rings. The van der Waals surface area contributed by atoms with Crippen molar-refractivity contribution in [3.05, 3.63) is 24.3 Å². The van der Waals surface area contributed by atoms with E-state index in [0.717, 1.165) is 9.21 Å². The molecule has 27 heavy (non-hydrogen) atoms. The largest absolute Gasteiger partial charge is 0.481 e. The summed E-state index contributed by atoms with van der Waals surface area (Å²) in [6.45, 7) is 1.44. The molecule has 0 radical (unpaired) electrons. The standard InChI is InChI=1S/C17H20N2O7S/c1-2-3-12-26-13-4-6-14(7-5-13)27(24,25)19-11-10-18(17(22)23)9-8-15(19)16(20)21/h4-7,15H,8-12H2,1H3,(H,20,21)(H,22,23). The Bertz CT molecular complexity index is 856. The maximum atomic E-state index is 12.9. The molecule has 1 amide bonds. The van der Waals surface area contributed by atoms with Crippen LogP contribution in [0, 0.1) is 11.8 Å². The minimum atomic E-state index is -4.12. The normalized spacial score (nSPS) is 18.1. The molecule has 1 aromatic rings. The molecule has 0 aromatic heterocycles. The number of rotatable bonds is 5. The van der Waals surface area contributed by atoms with Crippen LogP contribution < -0.4 is 4.74 Å². The zero-order valence-electron chi connectivity index (χ0n) is 14.7. The molecule has 1 saturated heterocycles. The fourth-order valence-corrected chi connectivity index (χ4v) is 4.27. The molecule has 1 aliphatic rings. The first-order valence-corrected chi connectivity index (χ1v) is 9.56. The second kappa shape index (κ2) is 8.75. The summed E-state index contributed by atoms with van der Waals surface area (Å²) in [4.78, 5) is 23.6. The lowest BCUT2D eigenvalue weighted by molar-refractivity contribution is -0.141. The van der Waals surface area contributed by atoms with Gasteiger partial charge < -0.3 is 19.8 Å². The zero-order valence-corrected chi connectivity index (χ0v) is 15.5. The van der Waals surface area contributed by atoms with Crippen molar-refractivity contribution in [3.63, 3.8) is 0 Å². The topological polar surface area (TPSA) is 124 Å². The molecule has 0 bridgehead atoms. The second-order valence-corrected chi connectivity index (χ2v) is 7.61. The van der Waals surface area contributed by atoms with Gasteiger partial charge in [-0.2, -0.15) is 4.31 Å². The summed E-state index contributed by atoms with van der Waals surface area (Å²) in [6, 6.07) is 4.23. The molecule has 1 heterocycles. The van der Waals surface area contributed by atoms with Crippen molar-refractivity contribution in [3.8, 4) is 17.6 Å². The van der Waals surface area contributed by atoms with Gasteiger partial charge in [-0.05, 0) is 37.6 Å². The smallest absolute Gasteiger partial charge is 0.407 e. The van der Waals surface area contributed by atoms with Crippen molar-refractivity contribution in [1.29, 1.82) is 0 Å². The molecule has 0 aliphatic carbocycles. The Morgan fingerprint density at radius 1 is 1.19 bits per heavy atom. The molecule has 146 valence electrons. The van der Waals surface area contributed by atoms with Gasteiger partial charge in [-0.1, -0.05) is 5.92 Å². The van der Waals surface area contributed by atoms with E-state index in [2.05, 4.69) is 11.8 Å². The van der Waals surface area contributed by atoms with Gasteiger partial charge in [0.05, 0.1) is 4.90 Å². The van der Waals surface area contributed by atoms with Gasteiger partial charge in [0.15, 0.2) is 0 Å². The monoisotopic (exact) mass is 396 g/mol. The Kier molecular flexibility index (Phi) is 6.65. The van der Waals surface area contributed by atoms with E-state index in [9.17, 15) is 23.1 Å². The van der Waals surface area contributed by atoms with Gasteiger partial charge in [-0.25, -0.2) is 13.2 Å². The van der Waals surface area contributed by atoms with Crippen LogP contribution in [0.4, 0.5) is 4.79 Å². The van der Waals surface area contributed by atoms with Crippen LogP contribution in [0.5, 0.6) is 5.75 Å². The minimum Gasteiger partial charge on any atom is -0.481 e. The third-order valence-electron chi connectivity index (χ3n) is 4.08. The number of hydrogen-bond acceptors (Lipinski definition) is 5. The number of amides is 1. The van der Waals surface area contributed by atoms with Crippen LogP contribution in [-0.2, 0) is 14.8 Å². The highest BCUT2D eigenvalue weighted by Crippen LogP contribution is 2.24. The van der Waals surface area contributed by atoms with Crippen molar-refractivity contribution in [2.75, 3.05) is 26.2 Å². The van der Waals surface area contributed by atoms with E-state index in [1.165, 1.54) is 24.3 Å². The number of hydrogen-bond donors (Lipinski definition) is 2. The average molecular weight is 396 g/mol. The third kappa shape index (κ3) is 4.90. The molecule has 0 saturated carbocycles. The van der Waals surface area contributed by atoms with Gasteiger partial charge >= 0.3 is 12.1 Å². The lowest BCUT2D eigenvalue weighted by Gasteiger charge is -2.25. The highest BCUT2D eigenvalue weighted by molar-refractivity contribution is 7.89. The molecule has 0 spiro atoms. The predicted octanol–water partition coefficient (Wildman–Crippen LogP) is 0.916. The lowest BCUT2D eigenvalue weighted by Crippen LogP contribution is -2.45. The fraction of sp³-hybridized carbons (Fsp3) is 0.412. The maximum absolute atomic E-state index is 12.9. The van der Waals surface area contributed by atoms with Crippen LogP contribution >= 0.6 is 0 Å². The summed E-state index contributed by atoms with van der Waals surface area (Å²) in [5.74, 6) is 4.50. The maximum Gasteiger partial charge on any atom is 0.407 e. The SMILES string of the molecule is CC#CCOc1ccc(S(=O)(=O)N2CCN(C(=O)O)CCC2C(=O)O)cc1. The summed E-state index contributed by atoms with van der Waals surface area (Å²) < 4.78 is 32.0. The molecule has 1 atom stereocenters. The second-order valence-electron chi connectivity index (χ2n) is 5.71. The van der Waals surface area contributed by atoms with Crippen LogP contribution in [0.1, 0.15) is 13.3 Å². The van der Waals surface area contributed by atoms with Crippen LogP contribution in [0.25, 0.3) is 0 Å². The van der Waals surface area contributed by atoms with Gasteiger partial charge in [0, 0.05) is 19.6 Å². The predicted molar refractivity (Wildman–Crippen MR) is 94.9 cm³/mol. The summed E-state index contributed by atoms with van der Waals surface area (Å²) in [7, 11) is -4.12. The van der Waals surface area contributed by atoms with Crippen molar-refractivity contribution < 1.29 is 33.0 Å². The summed E-state index contributed by atoms with van der Waals surface area (Å²) in [6.07, 6.45) is -1.34. The average Bonchev–Trinajstić information content (AvgIpc) is 2.86. The first kappa shape index (κ1) is 20.5. The molecular formula is C17H20N2O7S. The number of sulfonamides is 1. The van der Waals surface area contributed by atoms with Crippen LogP contribution in [-0.4, -0.2) is 72.2 Å². The van der Waals surface area contributed by atoms with Gasteiger partial charge in [0.2, 0.25) is 10.0 Å². The molecule has 10 heteroatoms. The van der Waals surface area contributed by atoms with E-state index in [-0.39, 0.29) is 37.6 Å². The number of benzene rings is 1. The molecular weight excluding hydrogens is 376 g/mol. The zero-order chi connectivity index (χ0) is 20.0. The van der Waals surface area contributed by atoms with E-state index in [1.54, 1.807) is 6.92 Å². The molecule has 9 nitrogen and oxygen atoms in total. The lowest BCUT2D eigenvalue weighted by atomic mass is 10.2. The van der Waals surface area contributed by atoms with Crippen molar-refractivity contribution in [2.24, 2.45) is 0 Å². The number of aliphatic carboxylic acids is 1. The van der Waals surface area contributed by atoms with Gasteiger partial charge in [-0.15, -0.1) is 5.92 Å². The summed E-state index contributed by atoms with van der Waals surface area (Å²) in [5, 5.41) is 18.5. The number of nitrogens with zero attached hydrogens (tertiary/aromatic N) is 2. The molecule has 2 N–H and O–H groups in total. The Labute approximate surface area is 157 Å². The van der Waals surface area contributed by atoms with E-state index in [1.807, 2.05) is 0 Å². The van der Waals surface area contributed by atoms with Crippen molar-refractivity contribution in [1.82, 2.24) is 9.21 Å². The highest BCUT2D eigenvalue weighted by Gasteiger charge is 2.38. The number of carboxylic acids is 1. The van der Waals surface area contributed by atoms with E-state index >= 15 is 0 Å². The first-order chi connectivity index (χ1) is 12.8. The Balaban J connectivity index is 2.27. The third-order valence-corrected chi connectivity index (χ3v) is 6.01. The molecule has 1 unspecified atom stereocenters. The quantitative estimate of drug-likeness (QED) is 0.709. The van der Waals surface area contributed by atoms with Crippen molar-refractivity contribution >= 4 is 22.1 Å². The van der Waals surface area contributed by atoms with Gasteiger partial charge in [0.25, 0.3) is 0 Å². The number of carboxylic acid groups (broad SMARTS) is 2. The van der Waals surface area contributed by atoms with Crippen LogP contribution in [0.2, 0.25) is 0 Å². The van der Waals surface area contributed by atoms with Crippen molar-refractivity contribution in [2.45, 2.75) is 24.3 Å². The highest BCUT2D eigenvalue weighted by atomic mass is 32.2. The van der Waals surface area contributed by atoms with E-state index in [0.29, 0.717) is 5.75 Å². The van der Waals surface area contributed by atoms with E-state index < -0.39 is 28.1 Å². The fourth-order valence-electron chi connectivity index (χ4n) is 2.67. The molecule has 1 aromatic carbocycles. The number of carbonyl (C=O) groups is 2. The van der Waals surface area contributed by atoms with Crippen LogP contribution in [0.15, 0.2) is 29.2 Å². The Hall–Kier alpha value is -2.77. The minimum absolute atomic E-state index is 0.0520.